The summed E-state index contributed by atoms with van der Waals surface area (Å²) in [5.74, 6) is -0.386. The molecule has 0 bridgehead atoms. The molecule has 9 heteroatoms. The summed E-state index contributed by atoms with van der Waals surface area (Å²) in [6.45, 7) is 3.42. The van der Waals surface area contributed by atoms with Crippen LogP contribution in [0.3, 0.4) is 0 Å². The molecule has 1 amide bonds. The number of aryl methyl sites for hydroxylation is 1. The van der Waals surface area contributed by atoms with E-state index in [9.17, 15) is 18.0 Å². The summed E-state index contributed by atoms with van der Waals surface area (Å²) in [6.07, 6.45) is 2.91. The van der Waals surface area contributed by atoms with Crippen molar-refractivity contribution in [3.8, 4) is 0 Å². The molecule has 0 spiro atoms. The number of carbonyl (C=O) groups is 1. The molecule has 31 heavy (non-hydrogen) atoms. The Morgan fingerprint density at radius 2 is 2.00 bits per heavy atom. The summed E-state index contributed by atoms with van der Waals surface area (Å²) in [4.78, 5) is 32.1. The highest BCUT2D eigenvalue weighted by Gasteiger charge is 2.23. The van der Waals surface area contributed by atoms with Gasteiger partial charge >= 0.3 is 0 Å². The number of benzene rings is 1. The third kappa shape index (κ3) is 4.46. The Morgan fingerprint density at radius 3 is 2.71 bits per heavy atom. The average molecular weight is 441 g/mol. The van der Waals surface area contributed by atoms with Gasteiger partial charge in [-0.15, -0.1) is 0 Å². The molecule has 1 aliphatic heterocycles. The highest BCUT2D eigenvalue weighted by Crippen LogP contribution is 2.29. The molecule has 0 saturated carbocycles. The van der Waals surface area contributed by atoms with E-state index in [0.29, 0.717) is 19.6 Å². The fourth-order valence-electron chi connectivity index (χ4n) is 3.78. The minimum Gasteiger partial charge on any atom is -0.367 e. The molecule has 1 aromatic carbocycles. The fraction of sp³-hybridized carbons (Fsp3) is 0.318. The number of nitrogens with one attached hydrogen (secondary N) is 1. The van der Waals surface area contributed by atoms with Gasteiger partial charge in [-0.1, -0.05) is 18.2 Å². The molecular weight excluding hydrogens is 416 g/mol. The van der Waals surface area contributed by atoms with Gasteiger partial charge in [-0.2, -0.15) is 0 Å². The van der Waals surface area contributed by atoms with Gasteiger partial charge in [0.25, 0.3) is 11.5 Å². The van der Waals surface area contributed by atoms with Crippen LogP contribution in [0.25, 0.3) is 10.9 Å². The number of carbonyl (C=O) groups excluding carboxylic acids is 1. The maximum Gasteiger partial charge on any atom is 0.264 e. The van der Waals surface area contributed by atoms with Crippen LogP contribution >= 0.6 is 0 Å². The van der Waals surface area contributed by atoms with E-state index in [1.807, 2.05) is 42.2 Å². The molecule has 0 saturated heterocycles. The van der Waals surface area contributed by atoms with E-state index in [1.54, 1.807) is 16.8 Å². The smallest absolute Gasteiger partial charge is 0.264 e. The van der Waals surface area contributed by atoms with Crippen molar-refractivity contribution in [3.05, 3.63) is 69.8 Å². The van der Waals surface area contributed by atoms with Crippen molar-refractivity contribution in [1.82, 2.24) is 14.9 Å². The van der Waals surface area contributed by atoms with E-state index < -0.39 is 15.7 Å². The Labute approximate surface area is 180 Å². The molecule has 162 valence electrons. The molecule has 0 atom stereocenters. The molecule has 0 unspecified atom stereocenters. The maximum atomic E-state index is 13.1. The zero-order valence-electron chi connectivity index (χ0n) is 17.5. The third-order valence-corrected chi connectivity index (χ3v) is 6.35. The lowest BCUT2D eigenvalue weighted by atomic mass is 10.1. The van der Waals surface area contributed by atoms with Crippen LogP contribution in [0.15, 0.2) is 47.4 Å². The Morgan fingerprint density at radius 1 is 1.19 bits per heavy atom. The van der Waals surface area contributed by atoms with E-state index in [2.05, 4.69) is 10.3 Å². The van der Waals surface area contributed by atoms with Crippen molar-refractivity contribution in [2.75, 3.05) is 30.0 Å². The molecule has 0 aliphatic carbocycles. The third-order valence-electron chi connectivity index (χ3n) is 5.43. The van der Waals surface area contributed by atoms with Gasteiger partial charge in [0, 0.05) is 49.7 Å². The van der Waals surface area contributed by atoms with Crippen molar-refractivity contribution in [2.45, 2.75) is 20.0 Å². The van der Waals surface area contributed by atoms with Crippen LogP contribution in [-0.2, 0) is 22.9 Å². The summed E-state index contributed by atoms with van der Waals surface area (Å²) in [5.41, 5.74) is 3.03. The van der Waals surface area contributed by atoms with Crippen LogP contribution in [0.1, 0.15) is 21.6 Å². The van der Waals surface area contributed by atoms with E-state index in [1.165, 1.54) is 6.26 Å². The van der Waals surface area contributed by atoms with Crippen LogP contribution in [-0.4, -0.2) is 49.0 Å². The normalized spacial score (nSPS) is 13.4. The molecular formula is C22H24N4O4S. The lowest BCUT2D eigenvalue weighted by molar-refractivity contribution is 0.0949. The number of sulfone groups is 1. The summed E-state index contributed by atoms with van der Waals surface area (Å²) in [6, 6.07) is 11.0. The second-order valence-corrected chi connectivity index (χ2v) is 10.1. The fourth-order valence-corrected chi connectivity index (χ4v) is 4.34. The van der Waals surface area contributed by atoms with E-state index in [-0.39, 0.29) is 23.4 Å². The molecule has 0 radical (unpaired) electrons. The van der Waals surface area contributed by atoms with Crippen molar-refractivity contribution in [2.24, 2.45) is 0 Å². The lowest BCUT2D eigenvalue weighted by Gasteiger charge is -2.32. The van der Waals surface area contributed by atoms with Gasteiger partial charge in [-0.3, -0.25) is 14.6 Å². The van der Waals surface area contributed by atoms with Crippen LogP contribution in [0.4, 0.5) is 5.69 Å². The van der Waals surface area contributed by atoms with Gasteiger partial charge in [-0.05, 0) is 30.7 Å². The first kappa shape index (κ1) is 21.0. The second kappa shape index (κ2) is 8.14. The van der Waals surface area contributed by atoms with Crippen LogP contribution in [0, 0.1) is 6.92 Å². The standard InChI is InChI=1S/C22H24N4O4S/c1-15-6-7-16(13-23-15)14-24-21(27)18-12-17-4-3-5-19-20(17)26(22(18)28)9-8-25(19)10-11-31(2,29)30/h3-7,12-13H,8-11,14H2,1-2H3,(H,24,27). The Kier molecular flexibility index (Phi) is 5.53. The average Bonchev–Trinajstić information content (AvgIpc) is 2.74. The molecule has 8 nitrogen and oxygen atoms in total. The molecule has 2 aromatic heterocycles. The molecule has 1 N–H and O–H groups in total. The predicted molar refractivity (Wildman–Crippen MR) is 120 cm³/mol. The molecule has 1 aliphatic rings. The highest BCUT2D eigenvalue weighted by molar-refractivity contribution is 7.90. The summed E-state index contributed by atoms with van der Waals surface area (Å²) < 4.78 is 24.8. The van der Waals surface area contributed by atoms with Gasteiger partial charge in [-0.25, -0.2) is 8.42 Å². The summed E-state index contributed by atoms with van der Waals surface area (Å²) in [5, 5.41) is 3.57. The number of para-hydroxylation sites is 1. The molecule has 0 fully saturated rings. The quantitative estimate of drug-likeness (QED) is 0.623. The number of pyridine rings is 2. The topological polar surface area (TPSA) is 101 Å². The summed E-state index contributed by atoms with van der Waals surface area (Å²) >= 11 is 0. The first-order valence-electron chi connectivity index (χ1n) is 10.0. The van der Waals surface area contributed by atoms with Crippen molar-refractivity contribution >= 4 is 32.3 Å². The van der Waals surface area contributed by atoms with E-state index >= 15 is 0 Å². The number of rotatable bonds is 6. The monoisotopic (exact) mass is 440 g/mol. The van der Waals surface area contributed by atoms with Gasteiger partial charge < -0.3 is 14.8 Å². The van der Waals surface area contributed by atoms with Gasteiger partial charge in [0.2, 0.25) is 0 Å². The van der Waals surface area contributed by atoms with Crippen molar-refractivity contribution in [3.63, 3.8) is 0 Å². The number of amides is 1. The van der Waals surface area contributed by atoms with Crippen LogP contribution in [0.2, 0.25) is 0 Å². The Hall–Kier alpha value is -3.20. The number of aromatic nitrogens is 2. The number of hydrogen-bond donors (Lipinski definition) is 1. The van der Waals surface area contributed by atoms with E-state index in [4.69, 9.17) is 0 Å². The largest absolute Gasteiger partial charge is 0.367 e. The maximum absolute atomic E-state index is 13.1. The highest BCUT2D eigenvalue weighted by atomic mass is 32.2. The van der Waals surface area contributed by atoms with Gasteiger partial charge in [0.15, 0.2) is 0 Å². The lowest BCUT2D eigenvalue weighted by Crippen LogP contribution is -2.41. The van der Waals surface area contributed by atoms with Crippen molar-refractivity contribution in [1.29, 1.82) is 0 Å². The van der Waals surface area contributed by atoms with E-state index in [0.717, 1.165) is 27.8 Å². The molecule has 3 heterocycles. The molecule has 3 aromatic rings. The van der Waals surface area contributed by atoms with Gasteiger partial charge in [0.05, 0.1) is 17.0 Å². The van der Waals surface area contributed by atoms with Gasteiger partial charge in [0.1, 0.15) is 15.4 Å². The first-order chi connectivity index (χ1) is 14.7. The van der Waals surface area contributed by atoms with Crippen molar-refractivity contribution < 1.29 is 13.2 Å². The van der Waals surface area contributed by atoms with Crippen LogP contribution < -0.4 is 15.8 Å². The molecule has 4 rings (SSSR count). The zero-order chi connectivity index (χ0) is 22.2. The summed E-state index contributed by atoms with van der Waals surface area (Å²) in [7, 11) is -3.10. The minimum absolute atomic E-state index is 0.0436. The number of anilines is 1. The number of nitrogens with zero attached hydrogens (tertiary/aromatic N) is 3. The number of hydrogen-bond acceptors (Lipinski definition) is 6. The first-order valence-corrected chi connectivity index (χ1v) is 12.1. The Balaban J connectivity index is 1.64. The minimum atomic E-state index is -3.10. The zero-order valence-corrected chi connectivity index (χ0v) is 18.3. The second-order valence-electron chi connectivity index (χ2n) is 7.84. The SMILES string of the molecule is Cc1ccc(CNC(=O)c2cc3cccc4c3n(c2=O)CCN4CCS(C)(=O)=O)cn1. The predicted octanol–water partition coefficient (Wildman–Crippen LogP) is 1.50. The van der Waals surface area contributed by atoms with Crippen LogP contribution in [0.5, 0.6) is 0 Å². The Bertz CT molecular complexity index is 1310.